The summed E-state index contributed by atoms with van der Waals surface area (Å²) in [6.07, 6.45) is 2.07. The van der Waals surface area contributed by atoms with Gasteiger partial charge in [-0.2, -0.15) is 5.26 Å². The number of hydrogen-bond donors (Lipinski definition) is 0. The van der Waals surface area contributed by atoms with Gasteiger partial charge in [0, 0.05) is 18.9 Å². The van der Waals surface area contributed by atoms with E-state index in [0.29, 0.717) is 6.61 Å². The summed E-state index contributed by atoms with van der Waals surface area (Å²) in [5.41, 5.74) is 0.939. The molecule has 1 fully saturated rings. The molecule has 1 aromatic rings. The molecule has 0 radical (unpaired) electrons. The number of benzene rings is 1. The van der Waals surface area contributed by atoms with E-state index in [9.17, 15) is 4.79 Å². The highest BCUT2D eigenvalue weighted by atomic mass is 16.5. The molecule has 1 aliphatic heterocycles. The van der Waals surface area contributed by atoms with Gasteiger partial charge >= 0.3 is 0 Å². The van der Waals surface area contributed by atoms with Gasteiger partial charge in [-0.05, 0) is 18.4 Å². The summed E-state index contributed by atoms with van der Waals surface area (Å²) in [6.45, 7) is 1.26. The van der Waals surface area contributed by atoms with E-state index in [1.54, 1.807) is 0 Å². The molecule has 0 amide bonds. The van der Waals surface area contributed by atoms with Gasteiger partial charge in [0.05, 0.1) is 18.6 Å². The maximum atomic E-state index is 12.5. The van der Waals surface area contributed by atoms with Crippen molar-refractivity contribution in [3.63, 3.8) is 0 Å². The van der Waals surface area contributed by atoms with Crippen molar-refractivity contribution >= 4 is 5.78 Å². The molecule has 1 heterocycles. The zero-order valence-corrected chi connectivity index (χ0v) is 10.3. The van der Waals surface area contributed by atoms with Crippen LogP contribution in [0, 0.1) is 17.2 Å². The number of ether oxygens (including phenoxy) is 1. The number of Topliss-reactive ketones (excluding diaryl/α,β-unsaturated/α-hetero) is 1. The second-order valence-corrected chi connectivity index (χ2v) is 4.64. The first-order valence-electron chi connectivity index (χ1n) is 6.36. The Morgan fingerprint density at radius 2 is 2.22 bits per heavy atom. The van der Waals surface area contributed by atoms with Crippen molar-refractivity contribution in [2.45, 2.75) is 25.2 Å². The Bertz CT molecular complexity index is 430. The van der Waals surface area contributed by atoms with Crippen molar-refractivity contribution in [2.24, 2.45) is 5.92 Å². The lowest BCUT2D eigenvalue weighted by molar-refractivity contribution is -0.128. The molecule has 3 nitrogen and oxygen atoms in total. The van der Waals surface area contributed by atoms with Crippen LogP contribution in [-0.2, 0) is 9.53 Å². The van der Waals surface area contributed by atoms with E-state index in [0.717, 1.165) is 25.0 Å². The molecule has 1 aromatic carbocycles. The fourth-order valence-electron chi connectivity index (χ4n) is 2.41. The van der Waals surface area contributed by atoms with Crippen LogP contribution in [0.3, 0.4) is 0 Å². The molecular weight excluding hydrogens is 226 g/mol. The van der Waals surface area contributed by atoms with Crippen LogP contribution in [0.2, 0.25) is 0 Å². The van der Waals surface area contributed by atoms with Crippen molar-refractivity contribution in [3.8, 4) is 6.07 Å². The number of rotatable bonds is 4. The molecule has 2 unspecified atom stereocenters. The van der Waals surface area contributed by atoms with E-state index in [1.807, 2.05) is 30.3 Å². The van der Waals surface area contributed by atoms with Gasteiger partial charge in [-0.15, -0.1) is 0 Å². The van der Waals surface area contributed by atoms with Crippen LogP contribution < -0.4 is 0 Å². The highest BCUT2D eigenvalue weighted by Crippen LogP contribution is 2.27. The Kier molecular flexibility index (Phi) is 4.49. The predicted octanol–water partition coefficient (Wildman–Crippen LogP) is 2.68. The third kappa shape index (κ3) is 2.96. The minimum absolute atomic E-state index is 0.0442. The van der Waals surface area contributed by atoms with Gasteiger partial charge in [0.25, 0.3) is 0 Å². The average molecular weight is 243 g/mol. The molecule has 1 saturated heterocycles. The molecule has 2 rings (SSSR count). The summed E-state index contributed by atoms with van der Waals surface area (Å²) in [6, 6.07) is 11.7. The van der Waals surface area contributed by atoms with Gasteiger partial charge in [-0.25, -0.2) is 0 Å². The van der Waals surface area contributed by atoms with Crippen LogP contribution in [0.25, 0.3) is 0 Å². The minimum Gasteiger partial charge on any atom is -0.381 e. The maximum Gasteiger partial charge on any atom is 0.146 e. The standard InChI is InChI=1S/C15H17NO2/c16-9-8-14(12-5-2-1-3-6-12)15(17)13-7-4-10-18-11-13/h1-3,5-6,13-14H,4,7-8,10-11H2. The van der Waals surface area contributed by atoms with E-state index in [2.05, 4.69) is 6.07 Å². The second kappa shape index (κ2) is 6.32. The van der Waals surface area contributed by atoms with Crippen LogP contribution in [0.15, 0.2) is 30.3 Å². The van der Waals surface area contributed by atoms with Crippen molar-refractivity contribution in [3.05, 3.63) is 35.9 Å². The van der Waals surface area contributed by atoms with Gasteiger partial charge < -0.3 is 4.74 Å². The zero-order chi connectivity index (χ0) is 12.8. The predicted molar refractivity (Wildman–Crippen MR) is 68.0 cm³/mol. The van der Waals surface area contributed by atoms with Gasteiger partial charge in [-0.3, -0.25) is 4.79 Å². The van der Waals surface area contributed by atoms with Gasteiger partial charge in [0.1, 0.15) is 5.78 Å². The first-order chi connectivity index (χ1) is 8.83. The van der Waals surface area contributed by atoms with Crippen molar-refractivity contribution in [1.82, 2.24) is 0 Å². The van der Waals surface area contributed by atoms with E-state index >= 15 is 0 Å². The number of nitriles is 1. The second-order valence-electron chi connectivity index (χ2n) is 4.64. The molecular formula is C15H17NO2. The number of nitrogens with zero attached hydrogens (tertiary/aromatic N) is 1. The highest BCUT2D eigenvalue weighted by molar-refractivity contribution is 5.88. The van der Waals surface area contributed by atoms with Crippen LogP contribution in [0.4, 0.5) is 0 Å². The Morgan fingerprint density at radius 3 is 2.83 bits per heavy atom. The molecule has 0 N–H and O–H groups in total. The highest BCUT2D eigenvalue weighted by Gasteiger charge is 2.29. The molecule has 0 bridgehead atoms. The number of carbonyl (C=O) groups is 1. The van der Waals surface area contributed by atoms with Crippen molar-refractivity contribution in [1.29, 1.82) is 5.26 Å². The van der Waals surface area contributed by atoms with E-state index in [4.69, 9.17) is 10.00 Å². The number of hydrogen-bond acceptors (Lipinski definition) is 3. The first kappa shape index (κ1) is 12.8. The lowest BCUT2D eigenvalue weighted by atomic mass is 9.83. The number of carbonyl (C=O) groups excluding carboxylic acids is 1. The Balaban J connectivity index is 2.14. The maximum absolute atomic E-state index is 12.5. The minimum atomic E-state index is -0.303. The summed E-state index contributed by atoms with van der Waals surface area (Å²) >= 11 is 0. The molecule has 94 valence electrons. The molecule has 0 aromatic heterocycles. The molecule has 3 heteroatoms. The van der Waals surface area contributed by atoms with Crippen molar-refractivity contribution < 1.29 is 9.53 Å². The fraction of sp³-hybridized carbons (Fsp3) is 0.467. The average Bonchev–Trinajstić information content (AvgIpc) is 2.46. The molecule has 0 spiro atoms. The SMILES string of the molecule is N#CCC(C(=O)C1CCCOC1)c1ccccc1. The monoisotopic (exact) mass is 243 g/mol. The van der Waals surface area contributed by atoms with Crippen molar-refractivity contribution in [2.75, 3.05) is 13.2 Å². The molecule has 0 saturated carbocycles. The third-order valence-electron chi connectivity index (χ3n) is 3.40. The zero-order valence-electron chi connectivity index (χ0n) is 10.3. The Labute approximate surface area is 107 Å². The largest absolute Gasteiger partial charge is 0.381 e. The third-order valence-corrected chi connectivity index (χ3v) is 3.40. The topological polar surface area (TPSA) is 50.1 Å². The van der Waals surface area contributed by atoms with Gasteiger partial charge in [-0.1, -0.05) is 30.3 Å². The lowest BCUT2D eigenvalue weighted by Gasteiger charge is -2.24. The molecule has 1 aliphatic rings. The van der Waals surface area contributed by atoms with E-state index in [-0.39, 0.29) is 24.0 Å². The van der Waals surface area contributed by atoms with Crippen LogP contribution in [0.1, 0.15) is 30.7 Å². The quantitative estimate of drug-likeness (QED) is 0.817. The Hall–Kier alpha value is -1.66. The summed E-state index contributed by atoms with van der Waals surface area (Å²) < 4.78 is 5.36. The van der Waals surface area contributed by atoms with Crippen LogP contribution in [0.5, 0.6) is 0 Å². The van der Waals surface area contributed by atoms with Crippen LogP contribution in [-0.4, -0.2) is 19.0 Å². The van der Waals surface area contributed by atoms with E-state index < -0.39 is 0 Å². The molecule has 2 atom stereocenters. The van der Waals surface area contributed by atoms with Crippen LogP contribution >= 0.6 is 0 Å². The summed E-state index contributed by atoms with van der Waals surface area (Å²) in [7, 11) is 0. The summed E-state index contributed by atoms with van der Waals surface area (Å²) in [5, 5.41) is 8.91. The van der Waals surface area contributed by atoms with Gasteiger partial charge in [0.15, 0.2) is 0 Å². The fourth-order valence-corrected chi connectivity index (χ4v) is 2.41. The number of ketones is 1. The lowest BCUT2D eigenvalue weighted by Crippen LogP contribution is -2.29. The molecule has 18 heavy (non-hydrogen) atoms. The summed E-state index contributed by atoms with van der Waals surface area (Å²) in [4.78, 5) is 12.5. The normalized spacial score (nSPS) is 20.9. The smallest absolute Gasteiger partial charge is 0.146 e. The van der Waals surface area contributed by atoms with Gasteiger partial charge in [0.2, 0.25) is 0 Å². The molecule has 0 aliphatic carbocycles. The first-order valence-corrected chi connectivity index (χ1v) is 6.36. The Morgan fingerprint density at radius 1 is 1.44 bits per heavy atom. The summed E-state index contributed by atoms with van der Waals surface area (Å²) in [5.74, 6) is -0.192. The van der Waals surface area contributed by atoms with E-state index in [1.165, 1.54) is 0 Å².